The number of nitrogens with zero attached hydrogens (tertiary/aromatic N) is 1. The molecule has 1 aromatic carbocycles. The number of aromatic hydroxyl groups is 1. The van der Waals surface area contributed by atoms with Crippen molar-refractivity contribution in [3.05, 3.63) is 63.2 Å². The van der Waals surface area contributed by atoms with Crippen LogP contribution >= 0.6 is 0 Å². The fraction of sp³-hybridized carbons (Fsp3) is 0.188. The highest BCUT2D eigenvalue weighted by atomic mass is 16.3. The number of hydrogen-bond donors (Lipinski definition) is 4. The molecule has 0 radical (unpaired) electrons. The van der Waals surface area contributed by atoms with Crippen molar-refractivity contribution < 1.29 is 10.2 Å². The van der Waals surface area contributed by atoms with Crippen molar-refractivity contribution in [1.29, 1.82) is 0 Å². The first-order valence-corrected chi connectivity index (χ1v) is 6.88. The summed E-state index contributed by atoms with van der Waals surface area (Å²) in [6.07, 6.45) is 5.56. The normalized spacial score (nSPS) is 13.8. The zero-order chi connectivity index (χ0) is 16.1. The van der Waals surface area contributed by atoms with E-state index in [2.05, 4.69) is 4.98 Å². The Morgan fingerprint density at radius 2 is 2.05 bits per heavy atom. The van der Waals surface area contributed by atoms with E-state index in [4.69, 9.17) is 5.73 Å². The van der Waals surface area contributed by atoms with Crippen LogP contribution in [0.1, 0.15) is 12.0 Å². The van der Waals surface area contributed by atoms with Gasteiger partial charge in [-0.1, -0.05) is 18.2 Å². The first kappa shape index (κ1) is 15.7. The zero-order valence-corrected chi connectivity index (χ0v) is 12.3. The van der Waals surface area contributed by atoms with Gasteiger partial charge in [0, 0.05) is 7.05 Å². The van der Waals surface area contributed by atoms with Gasteiger partial charge in [-0.2, -0.15) is 0 Å². The van der Waals surface area contributed by atoms with Gasteiger partial charge in [-0.05, 0) is 42.8 Å². The number of nitrogens with one attached hydrogen (secondary N) is 1. The molecule has 1 heterocycles. The first-order chi connectivity index (χ1) is 10.5. The number of benzene rings is 1. The van der Waals surface area contributed by atoms with Gasteiger partial charge in [0.15, 0.2) is 11.2 Å². The standard InChI is InChI=1S/C16H19N3O3/c1-19-15(14(21)4-2-3-9-17)18-13(16(19)22)10-11-5-7-12(20)8-6-11/h2,4-8,10,18,20-21H,3,9,17H2,1H3. The molecular weight excluding hydrogens is 282 g/mol. The van der Waals surface area contributed by atoms with Crippen molar-refractivity contribution in [2.75, 3.05) is 6.54 Å². The van der Waals surface area contributed by atoms with Crippen LogP contribution in [-0.4, -0.2) is 26.3 Å². The summed E-state index contributed by atoms with van der Waals surface area (Å²) >= 11 is 0. The maximum atomic E-state index is 12.2. The molecule has 6 nitrogen and oxygen atoms in total. The molecule has 6 heteroatoms. The van der Waals surface area contributed by atoms with E-state index >= 15 is 0 Å². The second kappa shape index (κ2) is 6.82. The predicted octanol–water partition coefficient (Wildman–Crippen LogP) is -0.181. The third kappa shape index (κ3) is 3.48. The van der Waals surface area contributed by atoms with E-state index in [1.807, 2.05) is 0 Å². The summed E-state index contributed by atoms with van der Waals surface area (Å²) in [6.45, 7) is 0.493. The number of rotatable bonds is 4. The molecule has 0 bridgehead atoms. The van der Waals surface area contributed by atoms with Crippen LogP contribution in [-0.2, 0) is 7.05 Å². The molecule has 0 unspecified atom stereocenters. The molecule has 2 rings (SSSR count). The lowest BCUT2D eigenvalue weighted by Gasteiger charge is -1.92. The van der Waals surface area contributed by atoms with Crippen LogP contribution in [0.4, 0.5) is 0 Å². The molecule has 5 N–H and O–H groups in total. The minimum atomic E-state index is -0.248. The van der Waals surface area contributed by atoms with Crippen LogP contribution in [0.3, 0.4) is 0 Å². The van der Waals surface area contributed by atoms with Crippen LogP contribution in [0.15, 0.2) is 41.2 Å². The van der Waals surface area contributed by atoms with Gasteiger partial charge in [-0.3, -0.25) is 9.36 Å². The molecule has 1 aromatic heterocycles. The first-order valence-electron chi connectivity index (χ1n) is 6.88. The third-order valence-corrected chi connectivity index (χ3v) is 3.18. The summed E-state index contributed by atoms with van der Waals surface area (Å²) in [5.74, 6) is 0.131. The van der Waals surface area contributed by atoms with Crippen molar-refractivity contribution in [1.82, 2.24) is 9.55 Å². The van der Waals surface area contributed by atoms with E-state index < -0.39 is 0 Å². The Balaban J connectivity index is 2.52. The molecule has 0 atom stereocenters. The van der Waals surface area contributed by atoms with Crippen LogP contribution in [0, 0.1) is 0 Å². The Hall–Kier alpha value is -2.73. The van der Waals surface area contributed by atoms with Crippen molar-refractivity contribution in [3.63, 3.8) is 0 Å². The summed E-state index contributed by atoms with van der Waals surface area (Å²) in [7, 11) is 1.58. The zero-order valence-electron chi connectivity index (χ0n) is 12.3. The Kier molecular flexibility index (Phi) is 4.85. The largest absolute Gasteiger partial charge is 0.508 e. The highest BCUT2D eigenvalue weighted by Crippen LogP contribution is 2.09. The lowest BCUT2D eigenvalue weighted by Crippen LogP contribution is -2.29. The number of nitrogens with two attached hydrogens (primary N) is 1. The molecule has 0 aliphatic carbocycles. The molecule has 2 aromatic rings. The van der Waals surface area contributed by atoms with E-state index in [0.717, 1.165) is 5.56 Å². The molecule has 0 spiro atoms. The average Bonchev–Trinajstić information content (AvgIpc) is 2.78. The van der Waals surface area contributed by atoms with Crippen molar-refractivity contribution in [3.8, 4) is 5.75 Å². The van der Waals surface area contributed by atoms with E-state index in [1.165, 1.54) is 10.6 Å². The number of imidazole rings is 1. The van der Waals surface area contributed by atoms with Crippen molar-refractivity contribution in [2.24, 2.45) is 12.8 Å². The molecule has 0 aliphatic heterocycles. The molecule has 0 amide bonds. The van der Waals surface area contributed by atoms with Gasteiger partial charge in [-0.25, -0.2) is 0 Å². The van der Waals surface area contributed by atoms with Gasteiger partial charge >= 0.3 is 0 Å². The Morgan fingerprint density at radius 1 is 1.36 bits per heavy atom. The topological polar surface area (TPSA) is 104 Å². The molecule has 0 saturated carbocycles. The number of hydrogen-bond acceptors (Lipinski definition) is 4. The second-order valence-electron chi connectivity index (χ2n) is 4.85. The van der Waals surface area contributed by atoms with E-state index in [1.54, 1.807) is 43.5 Å². The highest BCUT2D eigenvalue weighted by Gasteiger charge is 2.02. The van der Waals surface area contributed by atoms with Gasteiger partial charge in [0.2, 0.25) is 0 Å². The summed E-state index contributed by atoms with van der Waals surface area (Å²) in [5.41, 5.74) is 6.22. The van der Waals surface area contributed by atoms with Crippen molar-refractivity contribution >= 4 is 11.8 Å². The van der Waals surface area contributed by atoms with E-state index in [0.29, 0.717) is 23.8 Å². The second-order valence-corrected chi connectivity index (χ2v) is 4.85. The quantitative estimate of drug-likeness (QED) is 0.629. The Labute approximate surface area is 127 Å². The van der Waals surface area contributed by atoms with Crippen molar-refractivity contribution in [2.45, 2.75) is 6.42 Å². The summed E-state index contributed by atoms with van der Waals surface area (Å²) < 4.78 is 1.34. The van der Waals surface area contributed by atoms with Crippen LogP contribution in [0.2, 0.25) is 0 Å². The van der Waals surface area contributed by atoms with Crippen LogP contribution < -0.4 is 22.1 Å². The third-order valence-electron chi connectivity index (χ3n) is 3.18. The summed E-state index contributed by atoms with van der Waals surface area (Å²) in [4.78, 5) is 15.1. The van der Waals surface area contributed by atoms with E-state index in [-0.39, 0.29) is 17.1 Å². The fourth-order valence-electron chi connectivity index (χ4n) is 1.99. The number of H-pyrrole nitrogens is 1. The minimum Gasteiger partial charge on any atom is -0.508 e. The number of aromatic nitrogens is 2. The lowest BCUT2D eigenvalue weighted by atomic mass is 10.2. The molecule has 0 fully saturated rings. The number of aliphatic hydroxyl groups excluding tert-OH is 1. The molecule has 116 valence electrons. The number of aliphatic hydroxyl groups is 1. The highest BCUT2D eigenvalue weighted by molar-refractivity contribution is 5.50. The summed E-state index contributed by atoms with van der Waals surface area (Å²) in [5, 5.41) is 19.6. The van der Waals surface area contributed by atoms with Crippen LogP contribution in [0.5, 0.6) is 5.75 Å². The molecule has 22 heavy (non-hydrogen) atoms. The van der Waals surface area contributed by atoms with Gasteiger partial charge in [-0.15, -0.1) is 0 Å². The molecule has 0 saturated heterocycles. The van der Waals surface area contributed by atoms with Gasteiger partial charge in [0.05, 0.1) is 0 Å². The monoisotopic (exact) mass is 301 g/mol. The Morgan fingerprint density at radius 3 is 2.68 bits per heavy atom. The smallest absolute Gasteiger partial charge is 0.275 e. The maximum Gasteiger partial charge on any atom is 0.275 e. The van der Waals surface area contributed by atoms with Gasteiger partial charge in [0.25, 0.3) is 5.56 Å². The fourth-order valence-corrected chi connectivity index (χ4v) is 1.99. The molecule has 0 aliphatic rings. The lowest BCUT2D eigenvalue weighted by molar-refractivity contribution is 0.475. The number of phenolic OH excluding ortho intramolecular Hbond substituents is 1. The predicted molar refractivity (Wildman–Crippen MR) is 85.8 cm³/mol. The summed E-state index contributed by atoms with van der Waals surface area (Å²) in [6, 6.07) is 6.47. The number of aromatic amines is 1. The average molecular weight is 301 g/mol. The molecular formula is C16H19N3O3. The van der Waals surface area contributed by atoms with Crippen LogP contribution in [0.25, 0.3) is 11.8 Å². The maximum absolute atomic E-state index is 12.2. The van der Waals surface area contributed by atoms with Gasteiger partial charge in [0.1, 0.15) is 11.1 Å². The van der Waals surface area contributed by atoms with E-state index in [9.17, 15) is 15.0 Å². The van der Waals surface area contributed by atoms with Gasteiger partial charge < -0.3 is 20.9 Å². The Bertz CT molecular complexity index is 842. The minimum absolute atomic E-state index is 0.0293. The number of phenols is 1. The SMILES string of the molecule is Cn1c(=C(O)C=CCCN)[nH]c(=Cc2ccc(O)cc2)c1=O.